The quantitative estimate of drug-likeness (QED) is 0.553. The summed E-state index contributed by atoms with van der Waals surface area (Å²) in [5.41, 5.74) is 0.997. The van der Waals surface area contributed by atoms with Gasteiger partial charge in [-0.15, -0.1) is 0 Å². The van der Waals surface area contributed by atoms with Gasteiger partial charge in [0.1, 0.15) is 5.60 Å². The van der Waals surface area contributed by atoms with E-state index in [0.29, 0.717) is 24.7 Å². The third kappa shape index (κ3) is 10.4. The highest BCUT2D eigenvalue weighted by molar-refractivity contribution is 5.97. The molecule has 2 N–H and O–H groups in total. The predicted octanol–water partition coefficient (Wildman–Crippen LogP) is 4.24. The van der Waals surface area contributed by atoms with Gasteiger partial charge in [-0.2, -0.15) is 0 Å². The van der Waals surface area contributed by atoms with Gasteiger partial charge in [0, 0.05) is 44.0 Å². The maximum atomic E-state index is 11.9. The lowest BCUT2D eigenvalue weighted by molar-refractivity contribution is -0.121. The van der Waals surface area contributed by atoms with Crippen molar-refractivity contribution in [3.05, 3.63) is 24.0 Å². The second-order valence-corrected chi connectivity index (χ2v) is 8.58. The molecule has 0 spiro atoms. The van der Waals surface area contributed by atoms with Crippen molar-refractivity contribution in [3.63, 3.8) is 0 Å². The number of allylic oxidation sites excluding steroid dienone is 2. The molecule has 1 fully saturated rings. The first kappa shape index (κ1) is 28.5. The normalized spacial score (nSPS) is 16.4. The van der Waals surface area contributed by atoms with Crippen molar-refractivity contribution in [2.75, 3.05) is 20.1 Å². The molecule has 0 aromatic carbocycles. The van der Waals surface area contributed by atoms with E-state index >= 15 is 0 Å². The van der Waals surface area contributed by atoms with Crippen molar-refractivity contribution in [3.8, 4) is 0 Å². The van der Waals surface area contributed by atoms with E-state index in [1.807, 2.05) is 54.7 Å². The van der Waals surface area contributed by atoms with Crippen LogP contribution in [0.5, 0.6) is 0 Å². The van der Waals surface area contributed by atoms with Crippen LogP contribution in [0.2, 0.25) is 0 Å². The SMILES string of the molecule is C=C(/C=C(\C)N(C)C(C)C(C)CCNC(=O)OC(C)(C)C)N1CCC(=O)NC1=O.CC. The Morgan fingerprint density at radius 3 is 2.42 bits per heavy atom. The Morgan fingerprint density at radius 1 is 1.32 bits per heavy atom. The molecule has 0 saturated carbocycles. The molecular weight excluding hydrogens is 396 g/mol. The van der Waals surface area contributed by atoms with Gasteiger partial charge in [0.25, 0.3) is 0 Å². The summed E-state index contributed by atoms with van der Waals surface area (Å²) in [6.07, 6.45) is 2.51. The van der Waals surface area contributed by atoms with Gasteiger partial charge in [-0.1, -0.05) is 27.4 Å². The molecule has 31 heavy (non-hydrogen) atoms. The number of carbonyl (C=O) groups is 3. The van der Waals surface area contributed by atoms with E-state index in [9.17, 15) is 14.4 Å². The molecule has 0 aromatic heterocycles. The molecule has 1 rings (SSSR count). The smallest absolute Gasteiger partial charge is 0.407 e. The number of nitrogens with one attached hydrogen (secondary N) is 2. The molecule has 1 aliphatic rings. The highest BCUT2D eigenvalue weighted by atomic mass is 16.6. The summed E-state index contributed by atoms with van der Waals surface area (Å²) >= 11 is 0. The number of rotatable bonds is 8. The topological polar surface area (TPSA) is 91.0 Å². The molecular formula is C23H42N4O4. The average Bonchev–Trinajstić information content (AvgIpc) is 2.66. The molecule has 2 atom stereocenters. The summed E-state index contributed by atoms with van der Waals surface area (Å²) in [4.78, 5) is 38.6. The van der Waals surface area contributed by atoms with Crippen LogP contribution in [0.4, 0.5) is 9.59 Å². The number of amides is 4. The summed E-state index contributed by atoms with van der Waals surface area (Å²) in [7, 11) is 1.99. The number of carbonyl (C=O) groups excluding carboxylic acids is 3. The fraction of sp³-hybridized carbons (Fsp3) is 0.696. The second-order valence-electron chi connectivity index (χ2n) is 8.58. The predicted molar refractivity (Wildman–Crippen MR) is 124 cm³/mol. The second kappa shape index (κ2) is 13.0. The van der Waals surface area contributed by atoms with Crippen molar-refractivity contribution in [2.24, 2.45) is 5.92 Å². The Balaban J connectivity index is 0.00000436. The molecule has 1 heterocycles. The first-order chi connectivity index (χ1) is 14.3. The lowest BCUT2D eigenvalue weighted by atomic mass is 9.98. The fourth-order valence-electron chi connectivity index (χ4n) is 2.92. The number of nitrogens with zero attached hydrogens (tertiary/aromatic N) is 2. The number of hydrogen-bond acceptors (Lipinski definition) is 5. The average molecular weight is 439 g/mol. The van der Waals surface area contributed by atoms with Crippen molar-refractivity contribution >= 4 is 18.0 Å². The highest BCUT2D eigenvalue weighted by Gasteiger charge is 2.25. The van der Waals surface area contributed by atoms with Crippen molar-refractivity contribution < 1.29 is 19.1 Å². The van der Waals surface area contributed by atoms with E-state index in [1.54, 1.807) is 0 Å². The zero-order valence-electron chi connectivity index (χ0n) is 20.8. The van der Waals surface area contributed by atoms with Crippen LogP contribution in [0, 0.1) is 5.92 Å². The van der Waals surface area contributed by atoms with Crippen molar-refractivity contribution in [1.82, 2.24) is 20.4 Å². The van der Waals surface area contributed by atoms with Crippen LogP contribution in [0.3, 0.4) is 0 Å². The summed E-state index contributed by atoms with van der Waals surface area (Å²) in [6, 6.07) is -0.233. The van der Waals surface area contributed by atoms with Gasteiger partial charge in [0.15, 0.2) is 0 Å². The molecule has 4 amide bonds. The number of imide groups is 1. The van der Waals surface area contributed by atoms with E-state index in [0.717, 1.165) is 12.1 Å². The third-order valence-electron chi connectivity index (χ3n) is 5.03. The molecule has 2 unspecified atom stereocenters. The first-order valence-corrected chi connectivity index (χ1v) is 11.0. The van der Waals surface area contributed by atoms with Gasteiger partial charge in [-0.05, 0) is 53.0 Å². The Kier molecular flexibility index (Phi) is 12.0. The molecule has 0 aliphatic carbocycles. The van der Waals surface area contributed by atoms with Crippen LogP contribution >= 0.6 is 0 Å². The summed E-state index contributed by atoms with van der Waals surface area (Å²) in [6.45, 7) is 20.5. The molecule has 0 radical (unpaired) electrons. The minimum atomic E-state index is -0.508. The Labute approximate surface area is 188 Å². The lowest BCUT2D eigenvalue weighted by Crippen LogP contribution is -2.48. The highest BCUT2D eigenvalue weighted by Crippen LogP contribution is 2.19. The largest absolute Gasteiger partial charge is 0.444 e. The van der Waals surface area contributed by atoms with Gasteiger partial charge < -0.3 is 15.0 Å². The summed E-state index contributed by atoms with van der Waals surface area (Å²) in [5, 5.41) is 5.09. The minimum absolute atomic E-state index is 0.205. The van der Waals surface area contributed by atoms with Crippen LogP contribution in [0.15, 0.2) is 24.0 Å². The fourth-order valence-corrected chi connectivity index (χ4v) is 2.92. The first-order valence-electron chi connectivity index (χ1n) is 11.0. The van der Waals surface area contributed by atoms with E-state index in [4.69, 9.17) is 4.74 Å². The van der Waals surface area contributed by atoms with Gasteiger partial charge in [0.05, 0.1) is 0 Å². The van der Waals surface area contributed by atoms with E-state index < -0.39 is 17.7 Å². The maximum absolute atomic E-state index is 11.9. The van der Waals surface area contributed by atoms with Crippen LogP contribution in [0.25, 0.3) is 0 Å². The van der Waals surface area contributed by atoms with Gasteiger partial charge in [-0.3, -0.25) is 15.0 Å². The molecule has 1 saturated heterocycles. The molecule has 178 valence electrons. The minimum Gasteiger partial charge on any atom is -0.444 e. The van der Waals surface area contributed by atoms with Crippen LogP contribution in [0.1, 0.15) is 68.2 Å². The summed E-state index contributed by atoms with van der Waals surface area (Å²) in [5.74, 6) is 0.0433. The number of urea groups is 1. The van der Waals surface area contributed by atoms with Crippen LogP contribution in [-0.2, 0) is 9.53 Å². The summed E-state index contributed by atoms with van der Waals surface area (Å²) < 4.78 is 5.24. The maximum Gasteiger partial charge on any atom is 0.407 e. The lowest BCUT2D eigenvalue weighted by Gasteiger charge is -2.33. The van der Waals surface area contributed by atoms with Gasteiger partial charge in [0.2, 0.25) is 5.91 Å². The van der Waals surface area contributed by atoms with Crippen molar-refractivity contribution in [1.29, 1.82) is 0 Å². The monoisotopic (exact) mass is 438 g/mol. The standard InChI is InChI=1S/C21H36N4O4.C2H6/c1-14(9-11-22-20(28)29-21(5,6)7)17(4)24(8)15(2)13-16(3)25-12-10-18(26)23-19(25)27;1-2/h13-14,17H,3,9-12H2,1-2,4-8H3,(H,22,28)(H,23,26,27);1-2H3/b15-13+;. The zero-order chi connectivity index (χ0) is 24.4. The Bertz CT molecular complexity index is 667. The van der Waals surface area contributed by atoms with Crippen molar-refractivity contribution in [2.45, 2.75) is 79.9 Å². The molecule has 0 aromatic rings. The van der Waals surface area contributed by atoms with Crippen LogP contribution < -0.4 is 10.6 Å². The van der Waals surface area contributed by atoms with Gasteiger partial charge in [-0.25, -0.2) is 9.59 Å². The molecule has 1 aliphatic heterocycles. The van der Waals surface area contributed by atoms with Crippen LogP contribution in [-0.4, -0.2) is 59.6 Å². The number of ether oxygens (including phenoxy) is 1. The van der Waals surface area contributed by atoms with Gasteiger partial charge >= 0.3 is 12.1 Å². The molecule has 8 heteroatoms. The Hall–Kier alpha value is -2.51. The zero-order valence-corrected chi connectivity index (χ0v) is 20.8. The molecule has 0 bridgehead atoms. The van der Waals surface area contributed by atoms with E-state index in [1.165, 1.54) is 4.90 Å². The number of alkyl carbamates (subject to hydrolysis) is 1. The third-order valence-corrected chi connectivity index (χ3v) is 5.03. The Morgan fingerprint density at radius 2 is 1.90 bits per heavy atom. The number of hydrogen-bond donors (Lipinski definition) is 2. The van der Waals surface area contributed by atoms with E-state index in [-0.39, 0.29) is 18.4 Å². The molecule has 8 nitrogen and oxygen atoms in total. The van der Waals surface area contributed by atoms with E-state index in [2.05, 4.69) is 36.0 Å².